The maximum Gasteiger partial charge on any atom is 0.326 e. The minimum Gasteiger partial charge on any atom is -0.755 e. The lowest BCUT2D eigenvalue weighted by atomic mass is 10.0. The van der Waals surface area contributed by atoms with Gasteiger partial charge in [0.25, 0.3) is 0 Å². The average Bonchev–Trinajstić information content (AvgIpc) is 3.00. The molecule has 0 aromatic heterocycles. The van der Waals surface area contributed by atoms with E-state index in [0.29, 0.717) is 11.3 Å². The summed E-state index contributed by atoms with van der Waals surface area (Å²) in [6.07, 6.45) is -0.165. The second-order valence-electron chi connectivity index (χ2n) is 10.1. The third-order valence-electron chi connectivity index (χ3n) is 7.39. The van der Waals surface area contributed by atoms with Crippen molar-refractivity contribution in [3.63, 3.8) is 0 Å². The van der Waals surface area contributed by atoms with Gasteiger partial charge in [-0.25, -0.2) is 4.79 Å². The molecule has 220 valence electrons. The molecule has 0 aliphatic heterocycles. The highest BCUT2D eigenvalue weighted by molar-refractivity contribution is 7.80. The van der Waals surface area contributed by atoms with Crippen LogP contribution in [0.15, 0.2) is 97.1 Å². The van der Waals surface area contributed by atoms with E-state index in [-0.39, 0.29) is 12.8 Å². The van der Waals surface area contributed by atoms with E-state index in [1.807, 2.05) is 60.7 Å². The second-order valence-corrected chi connectivity index (χ2v) is 11.0. The number of rotatable bonds is 14. The van der Waals surface area contributed by atoms with Gasteiger partial charge in [-0.3, -0.25) is 18.2 Å². The van der Waals surface area contributed by atoms with Crippen LogP contribution in [0.3, 0.4) is 0 Å². The SMILES string of the molecule is CCN(CC)Cc1ccc(CC(NC(=O)CC(c2ccccc2)N(c2ccc3ccccc3c2)S(=O)[O-])C(=O)O)cc1. The van der Waals surface area contributed by atoms with Crippen molar-refractivity contribution in [1.82, 2.24) is 10.2 Å². The number of carbonyl (C=O) groups excluding carboxylic acids is 1. The summed E-state index contributed by atoms with van der Waals surface area (Å²) in [5.41, 5.74) is 2.93. The van der Waals surface area contributed by atoms with Crippen LogP contribution in [0.2, 0.25) is 0 Å². The number of fused-ring (bicyclic) bond motifs is 1. The van der Waals surface area contributed by atoms with E-state index < -0.39 is 35.2 Å². The lowest BCUT2D eigenvalue weighted by molar-refractivity contribution is -0.141. The minimum atomic E-state index is -2.72. The van der Waals surface area contributed by atoms with E-state index in [4.69, 9.17) is 0 Å². The molecule has 3 atom stereocenters. The summed E-state index contributed by atoms with van der Waals surface area (Å²) in [6.45, 7) is 6.90. The number of aliphatic carboxylic acids is 1. The molecule has 2 N–H and O–H groups in total. The van der Waals surface area contributed by atoms with Gasteiger partial charge >= 0.3 is 5.97 Å². The number of hydrogen-bond acceptors (Lipinski definition) is 5. The molecule has 4 rings (SSSR count). The van der Waals surface area contributed by atoms with Gasteiger partial charge in [0.1, 0.15) is 6.04 Å². The molecule has 0 aliphatic carbocycles. The van der Waals surface area contributed by atoms with Gasteiger partial charge in [-0.05, 0) is 52.7 Å². The molecule has 0 fully saturated rings. The van der Waals surface area contributed by atoms with Gasteiger partial charge < -0.3 is 15.0 Å². The molecule has 8 nitrogen and oxygen atoms in total. The monoisotopic (exact) mass is 586 g/mol. The Labute approximate surface area is 249 Å². The Morgan fingerprint density at radius 3 is 2.10 bits per heavy atom. The number of nitrogens with zero attached hydrogens (tertiary/aromatic N) is 2. The van der Waals surface area contributed by atoms with Crippen LogP contribution in [-0.2, 0) is 33.8 Å². The van der Waals surface area contributed by atoms with Gasteiger partial charge in [-0.2, -0.15) is 0 Å². The lowest BCUT2D eigenvalue weighted by Gasteiger charge is -2.35. The van der Waals surface area contributed by atoms with Crippen molar-refractivity contribution < 1.29 is 23.5 Å². The smallest absolute Gasteiger partial charge is 0.326 e. The Kier molecular flexibility index (Phi) is 10.8. The number of carbonyl (C=O) groups is 2. The molecule has 1 amide bonds. The molecule has 0 heterocycles. The van der Waals surface area contributed by atoms with Crippen LogP contribution >= 0.6 is 0 Å². The molecule has 4 aromatic rings. The molecule has 4 aromatic carbocycles. The normalized spacial score (nSPS) is 13.4. The van der Waals surface area contributed by atoms with Gasteiger partial charge in [0.05, 0.1) is 12.5 Å². The Balaban J connectivity index is 1.54. The molecule has 9 heteroatoms. The summed E-state index contributed by atoms with van der Waals surface area (Å²) < 4.78 is 26.4. The summed E-state index contributed by atoms with van der Waals surface area (Å²) in [7, 11) is 0. The van der Waals surface area contributed by atoms with Crippen LogP contribution in [0.25, 0.3) is 10.8 Å². The first-order valence-corrected chi connectivity index (χ1v) is 15.1. The molecule has 0 saturated heterocycles. The van der Waals surface area contributed by atoms with E-state index >= 15 is 0 Å². The zero-order valence-electron chi connectivity index (χ0n) is 23.8. The molecule has 3 unspecified atom stereocenters. The van der Waals surface area contributed by atoms with E-state index in [2.05, 4.69) is 24.1 Å². The standard InChI is InChI=1S/C33H37N3O5S/c1-3-35(4-2)23-25-16-14-24(15-17-25)20-30(33(38)39)34-32(37)22-31(27-11-6-5-7-12-27)36(42(40)41)29-19-18-26-10-8-9-13-28(26)21-29/h5-19,21,30-31H,3-4,20,22-23H2,1-2H3,(H,34,37)(H,38,39)(H,40,41)/p-1. The number of anilines is 1. The highest BCUT2D eigenvalue weighted by atomic mass is 32.2. The van der Waals surface area contributed by atoms with Crippen molar-refractivity contribution >= 4 is 39.6 Å². The van der Waals surface area contributed by atoms with Gasteiger partial charge in [0.15, 0.2) is 0 Å². The highest BCUT2D eigenvalue weighted by Gasteiger charge is 2.28. The zero-order valence-corrected chi connectivity index (χ0v) is 24.6. The Morgan fingerprint density at radius 2 is 1.48 bits per heavy atom. The third-order valence-corrected chi connectivity index (χ3v) is 8.18. The third kappa shape index (κ3) is 8.03. The zero-order chi connectivity index (χ0) is 30.1. The van der Waals surface area contributed by atoms with Gasteiger partial charge in [0.2, 0.25) is 5.91 Å². The van der Waals surface area contributed by atoms with E-state index in [9.17, 15) is 23.5 Å². The molecule has 0 radical (unpaired) electrons. The van der Waals surface area contributed by atoms with Crippen molar-refractivity contribution in [2.45, 2.75) is 45.3 Å². The first kappa shape index (κ1) is 30.9. The number of amides is 1. The number of benzene rings is 4. The maximum absolute atomic E-state index is 13.3. The molecule has 0 aliphatic rings. The molecular formula is C33H36N3O5S-. The van der Waals surface area contributed by atoms with Crippen LogP contribution in [0.1, 0.15) is 43.0 Å². The van der Waals surface area contributed by atoms with Crippen LogP contribution in [-0.4, -0.2) is 49.8 Å². The Hall–Kier alpha value is -4.05. The van der Waals surface area contributed by atoms with E-state index in [1.54, 1.807) is 36.4 Å². The van der Waals surface area contributed by atoms with Crippen molar-refractivity contribution in [2.75, 3.05) is 17.4 Å². The van der Waals surface area contributed by atoms with Crippen LogP contribution in [0.4, 0.5) is 5.69 Å². The van der Waals surface area contributed by atoms with Crippen molar-refractivity contribution in [3.05, 3.63) is 114 Å². The topological polar surface area (TPSA) is 113 Å². The first-order valence-electron chi connectivity index (χ1n) is 14.0. The highest BCUT2D eigenvalue weighted by Crippen LogP contribution is 2.33. The van der Waals surface area contributed by atoms with Crippen molar-refractivity contribution in [2.24, 2.45) is 0 Å². The predicted octanol–water partition coefficient (Wildman–Crippen LogP) is 5.23. The summed E-state index contributed by atoms with van der Waals surface area (Å²) >= 11 is -2.72. The molecule has 42 heavy (non-hydrogen) atoms. The average molecular weight is 587 g/mol. The van der Waals surface area contributed by atoms with Crippen LogP contribution in [0, 0.1) is 0 Å². The molecule has 0 bridgehead atoms. The fourth-order valence-electron chi connectivity index (χ4n) is 5.05. The predicted molar refractivity (Wildman–Crippen MR) is 165 cm³/mol. The summed E-state index contributed by atoms with van der Waals surface area (Å²) in [6, 6.07) is 27.4. The Morgan fingerprint density at radius 1 is 0.857 bits per heavy atom. The Bertz CT molecular complexity index is 1510. The molecule has 0 spiro atoms. The minimum absolute atomic E-state index is 0.102. The van der Waals surface area contributed by atoms with E-state index in [0.717, 1.165) is 41.5 Å². The number of hydrogen-bond donors (Lipinski definition) is 2. The fraction of sp³-hybridized carbons (Fsp3) is 0.273. The van der Waals surface area contributed by atoms with Gasteiger partial charge in [0, 0.05) is 29.9 Å². The number of nitrogens with one attached hydrogen (secondary N) is 1. The van der Waals surface area contributed by atoms with Crippen LogP contribution < -0.4 is 9.62 Å². The summed E-state index contributed by atoms with van der Waals surface area (Å²) in [5.74, 6) is -1.73. The van der Waals surface area contributed by atoms with Gasteiger partial charge in [-0.1, -0.05) is 98.8 Å². The van der Waals surface area contributed by atoms with Crippen molar-refractivity contribution in [3.8, 4) is 0 Å². The van der Waals surface area contributed by atoms with Crippen LogP contribution in [0.5, 0.6) is 0 Å². The largest absolute Gasteiger partial charge is 0.755 e. The first-order chi connectivity index (χ1) is 20.3. The molecular weight excluding hydrogens is 550 g/mol. The number of carboxylic acid groups (broad SMARTS) is 1. The van der Waals surface area contributed by atoms with Gasteiger partial charge in [-0.15, -0.1) is 0 Å². The fourth-order valence-corrected chi connectivity index (χ4v) is 5.74. The van der Waals surface area contributed by atoms with E-state index in [1.165, 1.54) is 4.31 Å². The lowest BCUT2D eigenvalue weighted by Crippen LogP contribution is -2.44. The summed E-state index contributed by atoms with van der Waals surface area (Å²) in [4.78, 5) is 27.8. The maximum atomic E-state index is 13.3. The number of carboxylic acids is 1. The second kappa shape index (κ2) is 14.7. The quantitative estimate of drug-likeness (QED) is 0.196. The van der Waals surface area contributed by atoms with Crippen molar-refractivity contribution in [1.29, 1.82) is 0 Å². The summed E-state index contributed by atoms with van der Waals surface area (Å²) in [5, 5.41) is 14.4. The molecule has 0 saturated carbocycles.